The van der Waals surface area contributed by atoms with Crippen molar-refractivity contribution in [2.45, 2.75) is 6.04 Å². The summed E-state index contributed by atoms with van der Waals surface area (Å²) < 4.78 is 42.3. The molecule has 0 spiro atoms. The highest BCUT2D eigenvalue weighted by atomic mass is 19.1. The number of imidazole rings is 1. The van der Waals surface area contributed by atoms with E-state index in [-0.39, 0.29) is 0 Å². The fraction of sp³-hybridized carbons (Fsp3) is 0.111. The number of nitrogens with one attached hydrogen (secondary N) is 1. The first-order chi connectivity index (χ1) is 12.4. The van der Waals surface area contributed by atoms with Gasteiger partial charge in [-0.3, -0.25) is 4.79 Å². The average molecular weight is 361 g/mol. The van der Waals surface area contributed by atoms with Crippen molar-refractivity contribution in [3.05, 3.63) is 83.2 Å². The number of aromatic nitrogens is 2. The molecule has 0 aliphatic carbocycles. The Labute approximate surface area is 146 Å². The van der Waals surface area contributed by atoms with Crippen molar-refractivity contribution < 1.29 is 23.1 Å². The van der Waals surface area contributed by atoms with Gasteiger partial charge in [-0.2, -0.15) is 0 Å². The maximum absolute atomic E-state index is 14.0. The Morgan fingerprint density at radius 3 is 2.58 bits per heavy atom. The zero-order valence-electron chi connectivity index (χ0n) is 13.6. The van der Waals surface area contributed by atoms with Gasteiger partial charge in [0, 0.05) is 31.6 Å². The van der Waals surface area contributed by atoms with E-state index in [4.69, 9.17) is 0 Å². The van der Waals surface area contributed by atoms with Gasteiger partial charge in [0.15, 0.2) is 0 Å². The minimum absolute atomic E-state index is 0.367. The van der Waals surface area contributed by atoms with E-state index in [2.05, 4.69) is 10.3 Å². The topological polar surface area (TPSA) is 67.2 Å². The highest BCUT2D eigenvalue weighted by molar-refractivity contribution is 5.97. The largest absolute Gasteiger partial charge is 0.507 e. The van der Waals surface area contributed by atoms with Crippen LogP contribution in [0.5, 0.6) is 5.75 Å². The van der Waals surface area contributed by atoms with Crippen LogP contribution in [0.25, 0.3) is 0 Å². The van der Waals surface area contributed by atoms with E-state index >= 15 is 0 Å². The summed E-state index contributed by atoms with van der Waals surface area (Å²) in [5, 5.41) is 12.2. The van der Waals surface area contributed by atoms with E-state index in [1.165, 1.54) is 24.4 Å². The molecule has 0 fully saturated rings. The maximum atomic E-state index is 14.0. The Bertz CT molecular complexity index is 949. The average Bonchev–Trinajstić information content (AvgIpc) is 2.97. The zero-order valence-corrected chi connectivity index (χ0v) is 13.6. The molecule has 1 atom stereocenters. The van der Waals surface area contributed by atoms with Gasteiger partial charge in [0.1, 0.15) is 40.6 Å². The second-order valence-corrected chi connectivity index (χ2v) is 5.64. The smallest absolute Gasteiger partial charge is 0.258 e. The molecule has 0 aliphatic rings. The summed E-state index contributed by atoms with van der Waals surface area (Å²) in [6.07, 6.45) is 3.12. The van der Waals surface area contributed by atoms with E-state index < -0.39 is 40.7 Å². The molecule has 0 unspecified atom stereocenters. The lowest BCUT2D eigenvalue weighted by Gasteiger charge is -2.20. The minimum Gasteiger partial charge on any atom is -0.507 e. The molecule has 0 bridgehead atoms. The number of nitrogens with zero attached hydrogens (tertiary/aromatic N) is 2. The van der Waals surface area contributed by atoms with E-state index in [9.17, 15) is 23.1 Å². The molecule has 2 N–H and O–H groups in total. The fourth-order valence-corrected chi connectivity index (χ4v) is 2.63. The number of benzene rings is 2. The van der Waals surface area contributed by atoms with Crippen LogP contribution in [0, 0.1) is 17.5 Å². The first-order valence-corrected chi connectivity index (χ1v) is 7.58. The van der Waals surface area contributed by atoms with Gasteiger partial charge in [-0.25, -0.2) is 18.2 Å². The van der Waals surface area contributed by atoms with Crippen LogP contribution in [0.3, 0.4) is 0 Å². The highest BCUT2D eigenvalue weighted by Crippen LogP contribution is 2.25. The Balaban J connectivity index is 2.02. The molecule has 3 aromatic rings. The second kappa shape index (κ2) is 6.91. The van der Waals surface area contributed by atoms with Crippen LogP contribution in [0.2, 0.25) is 0 Å². The number of phenols is 1. The number of halogens is 3. The second-order valence-electron chi connectivity index (χ2n) is 5.64. The van der Waals surface area contributed by atoms with E-state index in [0.29, 0.717) is 23.5 Å². The number of rotatable bonds is 4. The van der Waals surface area contributed by atoms with Gasteiger partial charge in [-0.15, -0.1) is 0 Å². The molecule has 0 saturated heterocycles. The summed E-state index contributed by atoms with van der Waals surface area (Å²) in [6.45, 7) is 0. The number of amides is 1. The number of aromatic hydroxyl groups is 1. The third kappa shape index (κ3) is 3.39. The van der Waals surface area contributed by atoms with Gasteiger partial charge in [0.2, 0.25) is 0 Å². The van der Waals surface area contributed by atoms with Crippen LogP contribution < -0.4 is 5.32 Å². The summed E-state index contributed by atoms with van der Waals surface area (Å²) in [5.74, 6) is -4.20. The van der Waals surface area contributed by atoms with Crippen LogP contribution in [-0.2, 0) is 7.05 Å². The van der Waals surface area contributed by atoms with Crippen LogP contribution >= 0.6 is 0 Å². The Morgan fingerprint density at radius 2 is 1.96 bits per heavy atom. The third-order valence-corrected chi connectivity index (χ3v) is 3.84. The Morgan fingerprint density at radius 1 is 1.19 bits per heavy atom. The number of aryl methyl sites for hydroxylation is 1. The van der Waals surface area contributed by atoms with Crippen LogP contribution in [-0.4, -0.2) is 20.6 Å². The predicted octanol–water partition coefficient (Wildman–Crippen LogP) is 3.06. The number of hydrogen-bond acceptors (Lipinski definition) is 3. The van der Waals surface area contributed by atoms with Gasteiger partial charge >= 0.3 is 0 Å². The SMILES string of the molecule is Cn1ccnc1[C@@H](NC(=O)c1c(O)cc(F)cc1F)c1cccc(F)c1. The maximum Gasteiger partial charge on any atom is 0.258 e. The summed E-state index contributed by atoms with van der Waals surface area (Å²) in [6, 6.07) is 5.70. The lowest BCUT2D eigenvalue weighted by molar-refractivity contribution is 0.0934. The van der Waals surface area contributed by atoms with Crippen molar-refractivity contribution in [2.24, 2.45) is 7.05 Å². The van der Waals surface area contributed by atoms with Gasteiger partial charge in [-0.05, 0) is 17.7 Å². The monoisotopic (exact) mass is 361 g/mol. The van der Waals surface area contributed by atoms with Gasteiger partial charge < -0.3 is 15.0 Å². The lowest BCUT2D eigenvalue weighted by atomic mass is 10.0. The molecule has 1 amide bonds. The van der Waals surface area contributed by atoms with E-state index in [0.717, 1.165) is 0 Å². The quantitative estimate of drug-likeness (QED) is 0.751. The summed E-state index contributed by atoms with van der Waals surface area (Å²) in [4.78, 5) is 16.6. The van der Waals surface area contributed by atoms with E-state index in [1.54, 1.807) is 23.9 Å². The molecule has 0 saturated carbocycles. The molecule has 2 aromatic carbocycles. The van der Waals surface area contributed by atoms with Gasteiger partial charge in [-0.1, -0.05) is 12.1 Å². The molecular formula is C18H14F3N3O2. The normalized spacial score (nSPS) is 12.0. The third-order valence-electron chi connectivity index (χ3n) is 3.84. The molecule has 5 nitrogen and oxygen atoms in total. The van der Waals surface area contributed by atoms with Gasteiger partial charge in [0.05, 0.1) is 0 Å². The van der Waals surface area contributed by atoms with Crippen molar-refractivity contribution in [3.8, 4) is 5.75 Å². The highest BCUT2D eigenvalue weighted by Gasteiger charge is 2.25. The molecule has 1 aromatic heterocycles. The van der Waals surface area contributed by atoms with Crippen molar-refractivity contribution >= 4 is 5.91 Å². The Kier molecular flexibility index (Phi) is 4.66. The number of carbonyl (C=O) groups is 1. The Hall–Kier alpha value is -3.29. The number of hydrogen-bond donors (Lipinski definition) is 2. The standard InChI is InChI=1S/C18H14F3N3O2/c1-24-6-5-22-17(24)16(10-3-2-4-11(19)7-10)23-18(26)15-13(21)8-12(20)9-14(15)25/h2-9,16,25H,1H3,(H,23,26)/t16-/m0/s1. The molecule has 0 aliphatic heterocycles. The molecule has 1 heterocycles. The van der Waals surface area contributed by atoms with Crippen molar-refractivity contribution in [1.82, 2.24) is 14.9 Å². The fourth-order valence-electron chi connectivity index (χ4n) is 2.63. The summed E-state index contributed by atoms with van der Waals surface area (Å²) in [7, 11) is 1.68. The molecule has 0 radical (unpaired) electrons. The molecular weight excluding hydrogens is 347 g/mol. The van der Waals surface area contributed by atoms with Crippen molar-refractivity contribution in [3.63, 3.8) is 0 Å². The van der Waals surface area contributed by atoms with Crippen LogP contribution in [0.1, 0.15) is 27.8 Å². The summed E-state index contributed by atoms with van der Waals surface area (Å²) in [5.41, 5.74) is -0.336. The number of carbonyl (C=O) groups excluding carboxylic acids is 1. The molecule has 134 valence electrons. The molecule has 26 heavy (non-hydrogen) atoms. The van der Waals surface area contributed by atoms with Crippen molar-refractivity contribution in [1.29, 1.82) is 0 Å². The molecule has 3 rings (SSSR count). The first-order valence-electron chi connectivity index (χ1n) is 7.58. The van der Waals surface area contributed by atoms with Gasteiger partial charge in [0.25, 0.3) is 5.91 Å². The first kappa shape index (κ1) is 17.5. The minimum atomic E-state index is -1.21. The van der Waals surface area contributed by atoms with E-state index in [1.807, 2.05) is 0 Å². The zero-order chi connectivity index (χ0) is 18.8. The number of phenolic OH excluding ortho intramolecular Hbond substituents is 1. The predicted molar refractivity (Wildman–Crippen MR) is 86.9 cm³/mol. The van der Waals surface area contributed by atoms with Crippen LogP contribution in [0.4, 0.5) is 13.2 Å². The molecule has 8 heteroatoms. The summed E-state index contributed by atoms with van der Waals surface area (Å²) >= 11 is 0. The van der Waals surface area contributed by atoms with Crippen LogP contribution in [0.15, 0.2) is 48.8 Å². The lowest BCUT2D eigenvalue weighted by Crippen LogP contribution is -2.31. The van der Waals surface area contributed by atoms with Crippen molar-refractivity contribution in [2.75, 3.05) is 0 Å².